The summed E-state index contributed by atoms with van der Waals surface area (Å²) in [6, 6.07) is 12.7. The van der Waals surface area contributed by atoms with E-state index < -0.39 is 11.7 Å². The van der Waals surface area contributed by atoms with E-state index in [4.69, 9.17) is 9.15 Å². The van der Waals surface area contributed by atoms with E-state index in [9.17, 15) is 9.59 Å². The van der Waals surface area contributed by atoms with Crippen molar-refractivity contribution in [2.75, 3.05) is 6.54 Å². The molecule has 6 heteroatoms. The van der Waals surface area contributed by atoms with Gasteiger partial charge in [-0.05, 0) is 38.5 Å². The van der Waals surface area contributed by atoms with E-state index in [-0.39, 0.29) is 18.5 Å². The lowest BCUT2D eigenvalue weighted by molar-refractivity contribution is -0.121. The fourth-order valence-electron chi connectivity index (χ4n) is 2.38. The third kappa shape index (κ3) is 7.01. The standard InChI is InChI=1S/C20H26N2O4/c1-20(2,3)26-19(24)22-17(15-8-5-4-6-9-15)14-21-18(23)12-11-16-10-7-13-25-16/h4-10,13,17H,11-12,14H2,1-3H3,(H,21,23)(H,22,24)/t17-/m1/s1. The van der Waals surface area contributed by atoms with Gasteiger partial charge < -0.3 is 19.8 Å². The average Bonchev–Trinajstić information content (AvgIpc) is 3.09. The number of carbonyl (C=O) groups excluding carboxylic acids is 2. The van der Waals surface area contributed by atoms with Crippen molar-refractivity contribution in [1.29, 1.82) is 0 Å². The number of carbonyl (C=O) groups is 2. The van der Waals surface area contributed by atoms with Crippen LogP contribution in [0.3, 0.4) is 0 Å². The van der Waals surface area contributed by atoms with E-state index in [1.54, 1.807) is 33.1 Å². The molecule has 2 N–H and O–H groups in total. The Morgan fingerprint density at radius 1 is 1.12 bits per heavy atom. The van der Waals surface area contributed by atoms with Crippen LogP contribution in [0.15, 0.2) is 53.1 Å². The summed E-state index contributed by atoms with van der Waals surface area (Å²) in [5, 5.41) is 5.68. The van der Waals surface area contributed by atoms with Gasteiger partial charge in [0.05, 0.1) is 12.3 Å². The molecule has 2 amide bonds. The lowest BCUT2D eigenvalue weighted by Crippen LogP contribution is -2.40. The van der Waals surface area contributed by atoms with E-state index >= 15 is 0 Å². The Morgan fingerprint density at radius 3 is 2.46 bits per heavy atom. The molecule has 0 aliphatic carbocycles. The molecular formula is C20H26N2O4. The first-order chi connectivity index (χ1) is 12.3. The van der Waals surface area contributed by atoms with Crippen LogP contribution in [-0.4, -0.2) is 24.1 Å². The Hall–Kier alpha value is -2.76. The van der Waals surface area contributed by atoms with Crippen molar-refractivity contribution < 1.29 is 18.7 Å². The van der Waals surface area contributed by atoms with Gasteiger partial charge in [-0.2, -0.15) is 0 Å². The average molecular weight is 358 g/mol. The summed E-state index contributed by atoms with van der Waals surface area (Å²) in [7, 11) is 0. The van der Waals surface area contributed by atoms with Crippen molar-refractivity contribution in [1.82, 2.24) is 10.6 Å². The minimum Gasteiger partial charge on any atom is -0.469 e. The summed E-state index contributed by atoms with van der Waals surface area (Å²) < 4.78 is 10.5. The number of hydrogen-bond donors (Lipinski definition) is 2. The number of aryl methyl sites for hydroxylation is 1. The van der Waals surface area contributed by atoms with E-state index in [0.717, 1.165) is 11.3 Å². The third-order valence-corrected chi connectivity index (χ3v) is 3.57. The van der Waals surface area contributed by atoms with Crippen LogP contribution < -0.4 is 10.6 Å². The van der Waals surface area contributed by atoms with Crippen LogP contribution in [-0.2, 0) is 16.0 Å². The van der Waals surface area contributed by atoms with E-state index in [1.165, 1.54) is 0 Å². The molecule has 0 saturated heterocycles. The molecule has 1 aromatic carbocycles. The number of benzene rings is 1. The Morgan fingerprint density at radius 2 is 1.85 bits per heavy atom. The summed E-state index contributed by atoms with van der Waals surface area (Å²) in [5.41, 5.74) is 0.308. The number of rotatable bonds is 7. The van der Waals surface area contributed by atoms with Crippen LogP contribution in [0.5, 0.6) is 0 Å². The van der Waals surface area contributed by atoms with Crippen LogP contribution >= 0.6 is 0 Å². The van der Waals surface area contributed by atoms with Gasteiger partial charge in [-0.25, -0.2) is 4.79 Å². The summed E-state index contributed by atoms with van der Waals surface area (Å²) in [5.74, 6) is 0.667. The molecule has 26 heavy (non-hydrogen) atoms. The second-order valence-electron chi connectivity index (χ2n) is 6.99. The smallest absolute Gasteiger partial charge is 0.408 e. The van der Waals surface area contributed by atoms with Crippen LogP contribution in [0.2, 0.25) is 0 Å². The van der Waals surface area contributed by atoms with Crippen molar-refractivity contribution in [2.24, 2.45) is 0 Å². The number of ether oxygens (including phenoxy) is 1. The van der Waals surface area contributed by atoms with Crippen LogP contribution in [0.25, 0.3) is 0 Å². The van der Waals surface area contributed by atoms with Gasteiger partial charge in [-0.15, -0.1) is 0 Å². The second-order valence-corrected chi connectivity index (χ2v) is 6.99. The van der Waals surface area contributed by atoms with Crippen molar-refractivity contribution in [3.05, 3.63) is 60.1 Å². The molecule has 0 fully saturated rings. The Bertz CT molecular complexity index is 690. The summed E-state index contributed by atoms with van der Waals surface area (Å²) in [4.78, 5) is 24.2. The Balaban J connectivity index is 1.91. The quantitative estimate of drug-likeness (QED) is 0.792. The summed E-state index contributed by atoms with van der Waals surface area (Å²) in [6.45, 7) is 5.70. The molecule has 6 nitrogen and oxygen atoms in total. The largest absolute Gasteiger partial charge is 0.469 e. The van der Waals surface area contributed by atoms with Gasteiger partial charge in [-0.1, -0.05) is 30.3 Å². The van der Waals surface area contributed by atoms with Crippen LogP contribution in [0.4, 0.5) is 4.79 Å². The molecule has 2 rings (SSSR count). The normalized spacial score (nSPS) is 12.3. The minimum atomic E-state index is -0.586. The van der Waals surface area contributed by atoms with Crippen molar-refractivity contribution >= 4 is 12.0 Å². The first-order valence-corrected chi connectivity index (χ1v) is 8.67. The van der Waals surface area contributed by atoms with Gasteiger partial charge in [0, 0.05) is 19.4 Å². The predicted octanol–water partition coefficient (Wildman–Crippen LogP) is 3.59. The zero-order valence-electron chi connectivity index (χ0n) is 15.5. The molecule has 0 spiro atoms. The molecule has 1 atom stereocenters. The van der Waals surface area contributed by atoms with Crippen molar-refractivity contribution in [3.8, 4) is 0 Å². The third-order valence-electron chi connectivity index (χ3n) is 3.57. The van der Waals surface area contributed by atoms with Gasteiger partial charge in [0.15, 0.2) is 0 Å². The van der Waals surface area contributed by atoms with Gasteiger partial charge >= 0.3 is 6.09 Å². The van der Waals surface area contributed by atoms with Crippen molar-refractivity contribution in [2.45, 2.75) is 45.3 Å². The van der Waals surface area contributed by atoms with Gasteiger partial charge in [0.1, 0.15) is 11.4 Å². The highest BCUT2D eigenvalue weighted by atomic mass is 16.6. The zero-order chi connectivity index (χ0) is 19.0. The lowest BCUT2D eigenvalue weighted by Gasteiger charge is -2.24. The SMILES string of the molecule is CC(C)(C)OC(=O)N[C@H](CNC(=O)CCc1ccco1)c1ccccc1. The second kappa shape index (κ2) is 9.08. The fraction of sp³-hybridized carbons (Fsp3) is 0.400. The predicted molar refractivity (Wildman–Crippen MR) is 98.6 cm³/mol. The lowest BCUT2D eigenvalue weighted by atomic mass is 10.1. The first kappa shape index (κ1) is 19.6. The van der Waals surface area contributed by atoms with Gasteiger partial charge in [0.25, 0.3) is 0 Å². The van der Waals surface area contributed by atoms with E-state index in [2.05, 4.69) is 10.6 Å². The summed E-state index contributed by atoms with van der Waals surface area (Å²) >= 11 is 0. The molecule has 140 valence electrons. The molecule has 0 saturated carbocycles. The molecule has 1 aromatic heterocycles. The molecule has 0 bridgehead atoms. The molecule has 0 aliphatic heterocycles. The van der Waals surface area contributed by atoms with E-state index in [0.29, 0.717) is 12.8 Å². The maximum atomic E-state index is 12.1. The number of furan rings is 1. The molecule has 0 aliphatic rings. The maximum Gasteiger partial charge on any atom is 0.408 e. The summed E-state index contributed by atoms with van der Waals surface area (Å²) in [6.07, 6.45) is 1.93. The van der Waals surface area contributed by atoms with Crippen LogP contribution in [0, 0.1) is 0 Å². The Labute approximate surface area is 153 Å². The Kier molecular flexibility index (Phi) is 6.83. The van der Waals surface area contributed by atoms with Crippen molar-refractivity contribution in [3.63, 3.8) is 0 Å². The number of hydrogen-bond acceptors (Lipinski definition) is 4. The molecule has 1 heterocycles. The first-order valence-electron chi connectivity index (χ1n) is 8.67. The minimum absolute atomic E-state index is 0.103. The number of amides is 2. The molecule has 0 radical (unpaired) electrons. The molecule has 0 unspecified atom stereocenters. The number of alkyl carbamates (subject to hydrolysis) is 1. The maximum absolute atomic E-state index is 12.1. The topological polar surface area (TPSA) is 80.6 Å². The molecular weight excluding hydrogens is 332 g/mol. The van der Waals surface area contributed by atoms with Gasteiger partial charge in [-0.3, -0.25) is 4.79 Å². The van der Waals surface area contributed by atoms with E-state index in [1.807, 2.05) is 36.4 Å². The molecule has 2 aromatic rings. The highest BCUT2D eigenvalue weighted by molar-refractivity contribution is 5.76. The number of nitrogens with one attached hydrogen (secondary N) is 2. The van der Waals surface area contributed by atoms with Crippen LogP contribution in [0.1, 0.15) is 44.6 Å². The highest BCUT2D eigenvalue weighted by Gasteiger charge is 2.21. The van der Waals surface area contributed by atoms with Gasteiger partial charge in [0.2, 0.25) is 5.91 Å². The zero-order valence-corrected chi connectivity index (χ0v) is 15.5. The highest BCUT2D eigenvalue weighted by Crippen LogP contribution is 2.14. The monoisotopic (exact) mass is 358 g/mol. The fourth-order valence-corrected chi connectivity index (χ4v) is 2.38.